The van der Waals surface area contributed by atoms with E-state index < -0.39 is 0 Å². The van der Waals surface area contributed by atoms with Gasteiger partial charge in [0.15, 0.2) is 6.29 Å². The molecule has 0 aliphatic carbocycles. The van der Waals surface area contributed by atoms with Crippen LogP contribution in [0, 0.1) is 0 Å². The lowest BCUT2D eigenvalue weighted by atomic mass is 10.4. The Hall–Kier alpha value is -1.03. The molecule has 0 amide bonds. The van der Waals surface area contributed by atoms with Gasteiger partial charge < -0.3 is 0 Å². The maximum atomic E-state index is 11.5. The third kappa shape index (κ3) is 1.42. The van der Waals surface area contributed by atoms with Gasteiger partial charge in [0.1, 0.15) is 10.8 Å². The SMILES string of the molecule is CC(C)n1c(Cl)c(C=O)n(C)c1=O. The van der Waals surface area contributed by atoms with Gasteiger partial charge in [0.05, 0.1) is 0 Å². The number of aldehydes is 1. The van der Waals surface area contributed by atoms with Crippen LogP contribution in [0.15, 0.2) is 4.79 Å². The standard InChI is InChI=1S/C8H11ClN2O2/c1-5(2)11-7(9)6(4-12)10(3)8(11)13/h4-5H,1-3H3. The Balaban J connectivity index is 3.55. The van der Waals surface area contributed by atoms with E-state index in [0.717, 1.165) is 0 Å². The van der Waals surface area contributed by atoms with E-state index in [9.17, 15) is 9.59 Å². The summed E-state index contributed by atoms with van der Waals surface area (Å²) in [5.41, 5.74) is -0.0394. The van der Waals surface area contributed by atoms with Crippen molar-refractivity contribution in [3.63, 3.8) is 0 Å². The lowest BCUT2D eigenvalue weighted by molar-refractivity contribution is 0.111. The minimum absolute atomic E-state index is 0.0418. The largest absolute Gasteiger partial charge is 0.329 e. The highest BCUT2D eigenvalue weighted by atomic mass is 35.5. The van der Waals surface area contributed by atoms with Gasteiger partial charge in [-0.25, -0.2) is 4.79 Å². The molecule has 1 aromatic rings. The lowest BCUT2D eigenvalue weighted by Crippen LogP contribution is -2.24. The van der Waals surface area contributed by atoms with Crippen molar-refractivity contribution in [2.24, 2.45) is 7.05 Å². The summed E-state index contributed by atoms with van der Waals surface area (Å²) in [6.07, 6.45) is 0.586. The Bertz CT molecular complexity index is 390. The molecule has 4 nitrogen and oxygen atoms in total. The summed E-state index contributed by atoms with van der Waals surface area (Å²) < 4.78 is 2.63. The zero-order valence-electron chi connectivity index (χ0n) is 7.74. The van der Waals surface area contributed by atoms with Crippen molar-refractivity contribution >= 4 is 17.9 Å². The number of carbonyl (C=O) groups excluding carboxylic acids is 1. The van der Waals surface area contributed by atoms with E-state index in [1.807, 2.05) is 13.8 Å². The predicted molar refractivity (Wildman–Crippen MR) is 50.5 cm³/mol. The van der Waals surface area contributed by atoms with Gasteiger partial charge in [-0.3, -0.25) is 13.9 Å². The van der Waals surface area contributed by atoms with E-state index in [1.54, 1.807) is 0 Å². The molecule has 0 spiro atoms. The highest BCUT2D eigenvalue weighted by molar-refractivity contribution is 6.31. The maximum absolute atomic E-state index is 11.5. The van der Waals surface area contributed by atoms with Crippen molar-refractivity contribution in [2.75, 3.05) is 0 Å². The van der Waals surface area contributed by atoms with Crippen LogP contribution in [0.4, 0.5) is 0 Å². The molecular formula is C8H11ClN2O2. The lowest BCUT2D eigenvalue weighted by Gasteiger charge is -2.05. The number of rotatable bonds is 2. The number of hydrogen-bond acceptors (Lipinski definition) is 2. The molecule has 0 atom stereocenters. The Morgan fingerprint density at radius 2 is 2.00 bits per heavy atom. The second kappa shape index (κ2) is 3.38. The highest BCUT2D eigenvalue weighted by Gasteiger charge is 2.16. The average Bonchev–Trinajstić information content (AvgIpc) is 2.24. The van der Waals surface area contributed by atoms with Gasteiger partial charge in [-0.2, -0.15) is 0 Å². The van der Waals surface area contributed by atoms with Crippen LogP contribution < -0.4 is 5.69 Å². The Morgan fingerprint density at radius 1 is 1.46 bits per heavy atom. The van der Waals surface area contributed by atoms with Crippen molar-refractivity contribution in [2.45, 2.75) is 19.9 Å². The van der Waals surface area contributed by atoms with E-state index in [2.05, 4.69) is 0 Å². The maximum Gasteiger partial charge on any atom is 0.329 e. The number of imidazole rings is 1. The van der Waals surface area contributed by atoms with Gasteiger partial charge in [0, 0.05) is 13.1 Å². The van der Waals surface area contributed by atoms with E-state index in [1.165, 1.54) is 16.2 Å². The fourth-order valence-corrected chi connectivity index (χ4v) is 1.62. The molecule has 5 heteroatoms. The van der Waals surface area contributed by atoms with E-state index in [4.69, 9.17) is 11.6 Å². The third-order valence-electron chi connectivity index (χ3n) is 1.91. The summed E-state index contributed by atoms with van der Waals surface area (Å²) in [4.78, 5) is 22.1. The van der Waals surface area contributed by atoms with Gasteiger partial charge >= 0.3 is 5.69 Å². The number of carbonyl (C=O) groups is 1. The van der Waals surface area contributed by atoms with Crippen molar-refractivity contribution in [3.05, 3.63) is 21.3 Å². The number of hydrogen-bond donors (Lipinski definition) is 0. The van der Waals surface area contributed by atoms with E-state index >= 15 is 0 Å². The van der Waals surface area contributed by atoms with Crippen molar-refractivity contribution < 1.29 is 4.79 Å². The topological polar surface area (TPSA) is 44.0 Å². The molecule has 13 heavy (non-hydrogen) atoms. The van der Waals surface area contributed by atoms with Crippen molar-refractivity contribution in [3.8, 4) is 0 Å². The molecule has 0 fully saturated rings. The van der Waals surface area contributed by atoms with Crippen LogP contribution in [-0.4, -0.2) is 15.4 Å². The van der Waals surface area contributed by atoms with Gasteiger partial charge in [-0.1, -0.05) is 11.6 Å². The Kier molecular flexibility index (Phi) is 2.61. The van der Waals surface area contributed by atoms with Gasteiger partial charge in [-0.05, 0) is 13.8 Å². The van der Waals surface area contributed by atoms with Gasteiger partial charge in [-0.15, -0.1) is 0 Å². The predicted octanol–water partition coefficient (Wildman–Crippen LogP) is 1.23. The van der Waals surface area contributed by atoms with E-state index in [-0.39, 0.29) is 22.6 Å². The second-order valence-electron chi connectivity index (χ2n) is 3.10. The van der Waals surface area contributed by atoms with Gasteiger partial charge in [0.2, 0.25) is 0 Å². The summed E-state index contributed by atoms with van der Waals surface area (Å²) in [7, 11) is 1.52. The first-order valence-corrected chi connectivity index (χ1v) is 4.30. The van der Waals surface area contributed by atoms with Crippen LogP contribution in [-0.2, 0) is 7.05 Å². The molecular weight excluding hydrogens is 192 g/mol. The fraction of sp³-hybridized carbons (Fsp3) is 0.500. The molecule has 0 bridgehead atoms. The third-order valence-corrected chi connectivity index (χ3v) is 2.28. The molecule has 0 aliphatic heterocycles. The fourth-order valence-electron chi connectivity index (χ4n) is 1.19. The number of halogens is 1. The molecule has 0 radical (unpaired) electrons. The summed E-state index contributed by atoms with van der Waals surface area (Å²) in [5, 5.41) is 0.206. The minimum atomic E-state index is -0.262. The summed E-state index contributed by atoms with van der Waals surface area (Å²) in [5.74, 6) is 0. The first kappa shape index (κ1) is 10.1. The summed E-state index contributed by atoms with van der Waals surface area (Å²) in [6, 6.07) is -0.0418. The normalized spacial score (nSPS) is 10.8. The van der Waals surface area contributed by atoms with Gasteiger partial charge in [0.25, 0.3) is 0 Å². The number of nitrogens with zero attached hydrogens (tertiary/aromatic N) is 2. The molecule has 0 saturated heterocycles. The van der Waals surface area contributed by atoms with Crippen LogP contribution in [0.5, 0.6) is 0 Å². The smallest absolute Gasteiger partial charge is 0.296 e. The molecule has 1 aromatic heterocycles. The molecule has 72 valence electrons. The first-order valence-electron chi connectivity index (χ1n) is 3.92. The monoisotopic (exact) mass is 202 g/mol. The zero-order valence-corrected chi connectivity index (χ0v) is 8.50. The van der Waals surface area contributed by atoms with Crippen LogP contribution in [0.2, 0.25) is 5.15 Å². The second-order valence-corrected chi connectivity index (χ2v) is 3.46. The minimum Gasteiger partial charge on any atom is -0.296 e. The molecule has 0 unspecified atom stereocenters. The Labute approximate surface area is 80.7 Å². The summed E-state index contributed by atoms with van der Waals surface area (Å²) in [6.45, 7) is 3.67. The Morgan fingerprint density at radius 3 is 2.23 bits per heavy atom. The molecule has 1 heterocycles. The first-order chi connectivity index (χ1) is 6.00. The van der Waals surface area contributed by atoms with Crippen LogP contribution >= 0.6 is 11.6 Å². The average molecular weight is 203 g/mol. The molecule has 0 aliphatic rings. The van der Waals surface area contributed by atoms with Crippen molar-refractivity contribution in [1.29, 1.82) is 0 Å². The zero-order chi connectivity index (χ0) is 10.2. The number of aromatic nitrogens is 2. The quantitative estimate of drug-likeness (QED) is 0.678. The summed E-state index contributed by atoms with van der Waals surface area (Å²) >= 11 is 5.84. The van der Waals surface area contributed by atoms with Crippen LogP contribution in [0.3, 0.4) is 0 Å². The van der Waals surface area contributed by atoms with Crippen LogP contribution in [0.1, 0.15) is 30.4 Å². The molecule has 0 aromatic carbocycles. The molecule has 0 saturated carbocycles. The highest BCUT2D eigenvalue weighted by Crippen LogP contribution is 2.16. The molecule has 1 rings (SSSR count). The van der Waals surface area contributed by atoms with E-state index in [0.29, 0.717) is 6.29 Å². The van der Waals surface area contributed by atoms with Crippen molar-refractivity contribution in [1.82, 2.24) is 9.13 Å². The molecule has 0 N–H and O–H groups in total. The van der Waals surface area contributed by atoms with Crippen LogP contribution in [0.25, 0.3) is 0 Å².